The maximum Gasteiger partial charge on any atom is 0.248 e. The Hall–Kier alpha value is -3.03. The fourth-order valence-electron chi connectivity index (χ4n) is 2.39. The summed E-state index contributed by atoms with van der Waals surface area (Å²) in [4.78, 5) is 20.4. The van der Waals surface area contributed by atoms with Crippen molar-refractivity contribution in [1.82, 2.24) is 24.9 Å². The van der Waals surface area contributed by atoms with Crippen molar-refractivity contribution in [1.29, 1.82) is 0 Å². The lowest BCUT2D eigenvalue weighted by atomic mass is 10.2. The summed E-state index contributed by atoms with van der Waals surface area (Å²) in [5.41, 5.74) is 1.12. The predicted octanol–water partition coefficient (Wildman–Crippen LogP) is 2.79. The minimum atomic E-state index is -0.133. The van der Waals surface area contributed by atoms with E-state index >= 15 is 0 Å². The monoisotopic (exact) mass is 354 g/mol. The Bertz CT molecular complexity index is 840. The number of amides is 1. The van der Waals surface area contributed by atoms with Crippen molar-refractivity contribution in [2.75, 3.05) is 5.32 Å². The minimum Gasteiger partial charge on any atom is -0.339 e. The first-order valence-corrected chi connectivity index (χ1v) is 8.66. The maximum absolute atomic E-state index is 12.0. The normalized spacial score (nSPS) is 11.0. The van der Waals surface area contributed by atoms with Gasteiger partial charge in [0.05, 0.1) is 6.54 Å². The summed E-state index contributed by atoms with van der Waals surface area (Å²) < 4.78 is 6.86. The molecule has 1 N–H and O–H groups in total. The van der Waals surface area contributed by atoms with E-state index in [4.69, 9.17) is 4.52 Å². The summed E-state index contributed by atoms with van der Waals surface area (Å²) in [6.07, 6.45) is 3.14. The first-order chi connectivity index (χ1) is 12.6. The first-order valence-electron chi connectivity index (χ1n) is 8.66. The number of rotatable bonds is 8. The number of aryl methyl sites for hydroxylation is 1. The van der Waals surface area contributed by atoms with Crippen molar-refractivity contribution < 1.29 is 9.32 Å². The molecule has 2 heterocycles. The van der Waals surface area contributed by atoms with Crippen molar-refractivity contribution in [3.8, 4) is 0 Å². The fourth-order valence-corrected chi connectivity index (χ4v) is 2.39. The molecular weight excluding hydrogens is 332 g/mol. The molecule has 8 heteroatoms. The molecule has 2 aromatic heterocycles. The highest BCUT2D eigenvalue weighted by molar-refractivity contribution is 5.88. The third-order valence-corrected chi connectivity index (χ3v) is 3.77. The summed E-state index contributed by atoms with van der Waals surface area (Å²) in [6, 6.07) is 9.95. The number of nitrogens with one attached hydrogen (secondary N) is 1. The van der Waals surface area contributed by atoms with Gasteiger partial charge >= 0.3 is 0 Å². The molecule has 0 aliphatic heterocycles. The van der Waals surface area contributed by atoms with E-state index in [9.17, 15) is 4.79 Å². The third-order valence-electron chi connectivity index (χ3n) is 3.77. The molecule has 3 aromatic rings. The second-order valence-electron chi connectivity index (χ2n) is 6.35. The van der Waals surface area contributed by atoms with Crippen molar-refractivity contribution in [3.63, 3.8) is 0 Å². The quantitative estimate of drug-likeness (QED) is 0.668. The second-order valence-corrected chi connectivity index (χ2v) is 6.35. The van der Waals surface area contributed by atoms with E-state index in [-0.39, 0.29) is 11.8 Å². The van der Waals surface area contributed by atoms with Crippen LogP contribution in [0.3, 0.4) is 0 Å². The molecule has 8 nitrogen and oxygen atoms in total. The summed E-state index contributed by atoms with van der Waals surface area (Å²) >= 11 is 0. The van der Waals surface area contributed by atoms with Gasteiger partial charge in [-0.15, -0.1) is 5.10 Å². The van der Waals surface area contributed by atoms with Gasteiger partial charge in [-0.2, -0.15) is 4.98 Å². The number of benzene rings is 1. The predicted molar refractivity (Wildman–Crippen MR) is 95.5 cm³/mol. The lowest BCUT2D eigenvalue weighted by molar-refractivity contribution is -0.116. The van der Waals surface area contributed by atoms with E-state index in [1.807, 2.05) is 44.2 Å². The van der Waals surface area contributed by atoms with Gasteiger partial charge in [0.25, 0.3) is 0 Å². The van der Waals surface area contributed by atoms with Crippen LogP contribution in [-0.4, -0.2) is 30.8 Å². The molecule has 0 radical (unpaired) electrons. The van der Waals surface area contributed by atoms with Gasteiger partial charge in [0.1, 0.15) is 6.33 Å². The van der Waals surface area contributed by atoms with Crippen LogP contribution >= 0.6 is 0 Å². The lowest BCUT2D eigenvalue weighted by Gasteiger charge is -2.01. The standard InChI is InChI=1S/C18H22N6O2/c1-13(2)17-21-16(26-23-17)10-6-9-15(25)20-18-19-12-24(22-18)11-14-7-4-3-5-8-14/h3-5,7-8,12-13H,6,9-11H2,1-2H3,(H,20,22,25). The smallest absolute Gasteiger partial charge is 0.248 e. The van der Waals surface area contributed by atoms with E-state index in [1.54, 1.807) is 11.0 Å². The number of hydrogen-bond donors (Lipinski definition) is 1. The van der Waals surface area contributed by atoms with Gasteiger partial charge < -0.3 is 4.52 Å². The van der Waals surface area contributed by atoms with Crippen molar-refractivity contribution in [2.24, 2.45) is 0 Å². The van der Waals surface area contributed by atoms with E-state index in [2.05, 4.69) is 25.5 Å². The first kappa shape index (κ1) is 17.8. The van der Waals surface area contributed by atoms with E-state index < -0.39 is 0 Å². The van der Waals surface area contributed by atoms with Crippen LogP contribution in [0.25, 0.3) is 0 Å². The zero-order chi connectivity index (χ0) is 18.4. The van der Waals surface area contributed by atoms with Gasteiger partial charge in [-0.05, 0) is 12.0 Å². The molecule has 0 unspecified atom stereocenters. The average Bonchev–Trinajstić information content (AvgIpc) is 3.26. The number of hydrogen-bond acceptors (Lipinski definition) is 6. The highest BCUT2D eigenvalue weighted by Gasteiger charge is 2.11. The average molecular weight is 354 g/mol. The van der Waals surface area contributed by atoms with Crippen LogP contribution in [0.15, 0.2) is 41.2 Å². The summed E-state index contributed by atoms with van der Waals surface area (Å²) in [7, 11) is 0. The number of nitrogens with zero attached hydrogens (tertiary/aromatic N) is 5. The Morgan fingerprint density at radius 1 is 1.27 bits per heavy atom. The molecular formula is C18H22N6O2. The largest absolute Gasteiger partial charge is 0.339 e. The van der Waals surface area contributed by atoms with Crippen LogP contribution in [0.1, 0.15) is 49.9 Å². The molecule has 0 saturated heterocycles. The molecule has 1 aromatic carbocycles. The van der Waals surface area contributed by atoms with Crippen LogP contribution in [0.5, 0.6) is 0 Å². The molecule has 0 spiro atoms. The summed E-state index contributed by atoms with van der Waals surface area (Å²) in [5, 5.41) is 10.9. The molecule has 0 atom stereocenters. The van der Waals surface area contributed by atoms with E-state index in [0.717, 1.165) is 5.56 Å². The highest BCUT2D eigenvalue weighted by atomic mass is 16.5. The summed E-state index contributed by atoms with van der Waals surface area (Å²) in [6.45, 7) is 4.62. The molecule has 136 valence electrons. The fraction of sp³-hybridized carbons (Fsp3) is 0.389. The van der Waals surface area contributed by atoms with E-state index in [0.29, 0.717) is 43.5 Å². The summed E-state index contributed by atoms with van der Waals surface area (Å²) in [5.74, 6) is 1.66. The van der Waals surface area contributed by atoms with Crippen LogP contribution < -0.4 is 5.32 Å². The topological polar surface area (TPSA) is 98.7 Å². The third kappa shape index (κ3) is 4.98. The minimum absolute atomic E-state index is 0.133. The molecule has 0 fully saturated rings. The molecule has 0 aliphatic carbocycles. The van der Waals surface area contributed by atoms with Crippen LogP contribution in [0.2, 0.25) is 0 Å². The van der Waals surface area contributed by atoms with Gasteiger partial charge in [-0.1, -0.05) is 49.3 Å². The molecule has 3 rings (SSSR count). The zero-order valence-electron chi connectivity index (χ0n) is 14.9. The van der Waals surface area contributed by atoms with Crippen LogP contribution in [-0.2, 0) is 17.8 Å². The van der Waals surface area contributed by atoms with Gasteiger partial charge in [0, 0.05) is 18.8 Å². The molecule has 0 saturated carbocycles. The molecule has 1 amide bonds. The number of carbonyl (C=O) groups excluding carboxylic acids is 1. The van der Waals surface area contributed by atoms with E-state index in [1.165, 1.54) is 0 Å². The lowest BCUT2D eigenvalue weighted by Crippen LogP contribution is -2.13. The van der Waals surface area contributed by atoms with Gasteiger partial charge in [-0.25, -0.2) is 9.67 Å². The Morgan fingerprint density at radius 2 is 2.08 bits per heavy atom. The van der Waals surface area contributed by atoms with Gasteiger partial charge in [0.15, 0.2) is 5.82 Å². The second kappa shape index (κ2) is 8.37. The number of aromatic nitrogens is 5. The zero-order valence-corrected chi connectivity index (χ0v) is 14.9. The SMILES string of the molecule is CC(C)c1noc(CCCC(=O)Nc2ncn(Cc3ccccc3)n2)n1. The Morgan fingerprint density at radius 3 is 2.81 bits per heavy atom. The van der Waals surface area contributed by atoms with Gasteiger partial charge in [-0.3, -0.25) is 10.1 Å². The van der Waals surface area contributed by atoms with Gasteiger partial charge in [0.2, 0.25) is 17.7 Å². The number of anilines is 1. The maximum atomic E-state index is 12.0. The highest BCUT2D eigenvalue weighted by Crippen LogP contribution is 2.11. The Labute approximate surface area is 151 Å². The van der Waals surface area contributed by atoms with Crippen molar-refractivity contribution >= 4 is 11.9 Å². The van der Waals surface area contributed by atoms with Crippen molar-refractivity contribution in [2.45, 2.75) is 45.6 Å². The Balaban J connectivity index is 1.43. The Kier molecular flexibility index (Phi) is 5.73. The van der Waals surface area contributed by atoms with Crippen molar-refractivity contribution in [3.05, 3.63) is 53.9 Å². The molecule has 0 aliphatic rings. The van der Waals surface area contributed by atoms with Crippen LogP contribution in [0.4, 0.5) is 5.95 Å². The van der Waals surface area contributed by atoms with Crippen LogP contribution in [0, 0.1) is 0 Å². The molecule has 26 heavy (non-hydrogen) atoms. The number of carbonyl (C=O) groups is 1. The molecule has 0 bridgehead atoms.